The van der Waals surface area contributed by atoms with E-state index in [0.717, 1.165) is 32.4 Å². The van der Waals surface area contributed by atoms with Gasteiger partial charge >= 0.3 is 0 Å². The highest BCUT2D eigenvalue weighted by molar-refractivity contribution is 5.33. The summed E-state index contributed by atoms with van der Waals surface area (Å²) in [7, 11) is 4.56. The SMILES string of the molecule is CCCCN(C)C1(c2cccc(O)c2)CCC(N(C)CCc2ccccc2)CC1. The lowest BCUT2D eigenvalue weighted by Crippen LogP contribution is -2.50. The molecule has 0 bridgehead atoms. The summed E-state index contributed by atoms with van der Waals surface area (Å²) in [6.45, 7) is 4.48. The van der Waals surface area contributed by atoms with Crippen LogP contribution in [0.15, 0.2) is 54.6 Å². The van der Waals surface area contributed by atoms with Gasteiger partial charge in [-0.25, -0.2) is 0 Å². The zero-order valence-electron chi connectivity index (χ0n) is 18.5. The summed E-state index contributed by atoms with van der Waals surface area (Å²) in [6.07, 6.45) is 8.26. The van der Waals surface area contributed by atoms with Crippen molar-refractivity contribution in [2.75, 3.05) is 27.2 Å². The summed E-state index contributed by atoms with van der Waals surface area (Å²) in [6, 6.07) is 19.4. The van der Waals surface area contributed by atoms with Crippen LogP contribution in [0.2, 0.25) is 0 Å². The molecule has 1 aliphatic carbocycles. The van der Waals surface area contributed by atoms with Gasteiger partial charge in [0.25, 0.3) is 0 Å². The predicted molar refractivity (Wildman–Crippen MR) is 122 cm³/mol. The molecule has 1 aliphatic rings. The molecule has 0 radical (unpaired) electrons. The minimum atomic E-state index is 0.0463. The third-order valence-electron chi connectivity index (χ3n) is 6.96. The lowest BCUT2D eigenvalue weighted by molar-refractivity contribution is 0.0389. The molecule has 1 N–H and O–H groups in total. The van der Waals surface area contributed by atoms with Crippen molar-refractivity contribution in [3.05, 3.63) is 65.7 Å². The molecule has 2 aromatic carbocycles. The van der Waals surface area contributed by atoms with Crippen molar-refractivity contribution < 1.29 is 5.11 Å². The van der Waals surface area contributed by atoms with E-state index in [0.29, 0.717) is 11.8 Å². The number of benzene rings is 2. The molecule has 29 heavy (non-hydrogen) atoms. The molecule has 0 saturated heterocycles. The quantitative estimate of drug-likeness (QED) is 0.614. The van der Waals surface area contributed by atoms with Crippen molar-refractivity contribution in [3.63, 3.8) is 0 Å². The number of aromatic hydroxyl groups is 1. The van der Waals surface area contributed by atoms with Gasteiger partial charge in [-0.15, -0.1) is 0 Å². The molecule has 3 nitrogen and oxygen atoms in total. The average molecular weight is 395 g/mol. The molecule has 0 aliphatic heterocycles. The van der Waals surface area contributed by atoms with E-state index in [2.05, 4.69) is 67.2 Å². The molecule has 0 amide bonds. The van der Waals surface area contributed by atoms with Crippen LogP contribution >= 0.6 is 0 Å². The Balaban J connectivity index is 1.67. The Labute approximate surface area is 177 Å². The number of unbranched alkanes of at least 4 members (excludes halogenated alkanes) is 1. The number of phenols is 1. The van der Waals surface area contributed by atoms with Crippen molar-refractivity contribution in [3.8, 4) is 5.75 Å². The number of hydrogen-bond acceptors (Lipinski definition) is 3. The van der Waals surface area contributed by atoms with Crippen molar-refractivity contribution in [1.82, 2.24) is 9.80 Å². The topological polar surface area (TPSA) is 26.7 Å². The first kappa shape index (κ1) is 21.9. The largest absolute Gasteiger partial charge is 0.508 e. The van der Waals surface area contributed by atoms with Gasteiger partial charge in [-0.2, -0.15) is 0 Å². The first-order valence-electron chi connectivity index (χ1n) is 11.3. The molecule has 158 valence electrons. The fourth-order valence-corrected chi connectivity index (χ4v) is 4.95. The normalized spacial score (nSPS) is 22.3. The maximum Gasteiger partial charge on any atom is 0.115 e. The predicted octanol–water partition coefficient (Wildman–Crippen LogP) is 5.44. The number of hydrogen-bond donors (Lipinski definition) is 1. The number of nitrogens with zero attached hydrogens (tertiary/aromatic N) is 2. The van der Waals surface area contributed by atoms with Crippen LogP contribution < -0.4 is 0 Å². The number of phenolic OH excluding ortho intramolecular Hbond substituents is 1. The summed E-state index contributed by atoms with van der Waals surface area (Å²) in [5.74, 6) is 0.382. The molecule has 0 unspecified atom stereocenters. The van der Waals surface area contributed by atoms with E-state index in [9.17, 15) is 5.11 Å². The van der Waals surface area contributed by atoms with Gasteiger partial charge in [-0.05, 0) is 82.4 Å². The summed E-state index contributed by atoms with van der Waals surface area (Å²) in [4.78, 5) is 5.12. The van der Waals surface area contributed by atoms with E-state index in [4.69, 9.17) is 0 Å². The number of rotatable bonds is 9. The van der Waals surface area contributed by atoms with Crippen LogP contribution in [0.4, 0.5) is 0 Å². The smallest absolute Gasteiger partial charge is 0.115 e. The van der Waals surface area contributed by atoms with Crippen molar-refractivity contribution in [2.24, 2.45) is 0 Å². The Morgan fingerprint density at radius 2 is 1.69 bits per heavy atom. The molecule has 2 aromatic rings. The lowest BCUT2D eigenvalue weighted by Gasteiger charge is -2.48. The second-order valence-electron chi connectivity index (χ2n) is 8.80. The molecular weight excluding hydrogens is 356 g/mol. The van der Waals surface area contributed by atoms with E-state index < -0.39 is 0 Å². The maximum atomic E-state index is 10.1. The fourth-order valence-electron chi connectivity index (χ4n) is 4.95. The summed E-state index contributed by atoms with van der Waals surface area (Å²) < 4.78 is 0. The maximum absolute atomic E-state index is 10.1. The standard InChI is InChI=1S/C26H38N2O/c1-4-5-19-28(3)26(23-12-9-13-25(29)21-23)17-14-24(15-18-26)27(2)20-16-22-10-7-6-8-11-22/h6-13,21,24,29H,4-5,14-20H2,1-3H3. The van der Waals surface area contributed by atoms with E-state index >= 15 is 0 Å². The van der Waals surface area contributed by atoms with Gasteiger partial charge in [0.2, 0.25) is 0 Å². The van der Waals surface area contributed by atoms with Crippen molar-refractivity contribution >= 4 is 0 Å². The van der Waals surface area contributed by atoms with Crippen LogP contribution in [0.5, 0.6) is 5.75 Å². The Morgan fingerprint density at radius 3 is 2.34 bits per heavy atom. The van der Waals surface area contributed by atoms with Crippen LogP contribution in [0.25, 0.3) is 0 Å². The molecule has 0 aromatic heterocycles. The van der Waals surface area contributed by atoms with Crippen molar-refractivity contribution in [1.29, 1.82) is 0 Å². The Kier molecular flexibility index (Phi) is 7.74. The van der Waals surface area contributed by atoms with Gasteiger partial charge in [-0.3, -0.25) is 4.90 Å². The van der Waals surface area contributed by atoms with Crippen LogP contribution in [-0.4, -0.2) is 48.1 Å². The minimum absolute atomic E-state index is 0.0463. The second-order valence-corrected chi connectivity index (χ2v) is 8.80. The highest BCUT2D eigenvalue weighted by Crippen LogP contribution is 2.43. The fraction of sp³-hybridized carbons (Fsp3) is 0.538. The van der Waals surface area contributed by atoms with E-state index in [-0.39, 0.29) is 5.54 Å². The van der Waals surface area contributed by atoms with E-state index in [1.165, 1.54) is 36.8 Å². The zero-order valence-corrected chi connectivity index (χ0v) is 18.5. The molecule has 0 spiro atoms. The molecule has 3 rings (SSSR count). The van der Waals surface area contributed by atoms with Crippen LogP contribution in [0.1, 0.15) is 56.6 Å². The van der Waals surface area contributed by atoms with Crippen LogP contribution in [0, 0.1) is 0 Å². The van der Waals surface area contributed by atoms with Gasteiger partial charge in [0, 0.05) is 18.1 Å². The van der Waals surface area contributed by atoms with E-state index in [1.807, 2.05) is 12.1 Å². The lowest BCUT2D eigenvalue weighted by atomic mass is 9.73. The summed E-state index contributed by atoms with van der Waals surface area (Å²) >= 11 is 0. The second kappa shape index (κ2) is 10.3. The average Bonchev–Trinajstić information content (AvgIpc) is 2.76. The van der Waals surface area contributed by atoms with Gasteiger partial charge in [0.05, 0.1) is 0 Å². The van der Waals surface area contributed by atoms with E-state index in [1.54, 1.807) is 6.07 Å². The van der Waals surface area contributed by atoms with Gasteiger partial charge in [-0.1, -0.05) is 55.8 Å². The Morgan fingerprint density at radius 1 is 0.966 bits per heavy atom. The minimum Gasteiger partial charge on any atom is -0.508 e. The monoisotopic (exact) mass is 394 g/mol. The van der Waals surface area contributed by atoms with Crippen LogP contribution in [0.3, 0.4) is 0 Å². The third-order valence-corrected chi connectivity index (χ3v) is 6.96. The van der Waals surface area contributed by atoms with Gasteiger partial charge in [0.15, 0.2) is 0 Å². The molecule has 1 fully saturated rings. The first-order valence-corrected chi connectivity index (χ1v) is 11.3. The summed E-state index contributed by atoms with van der Waals surface area (Å²) in [5, 5.41) is 10.1. The molecule has 1 saturated carbocycles. The molecule has 0 atom stereocenters. The summed E-state index contributed by atoms with van der Waals surface area (Å²) in [5.41, 5.74) is 2.75. The molecular formula is C26H38N2O. The highest BCUT2D eigenvalue weighted by atomic mass is 16.3. The van der Waals surface area contributed by atoms with Gasteiger partial charge in [0.1, 0.15) is 5.75 Å². The number of likely N-dealkylation sites (N-methyl/N-ethyl adjacent to an activating group) is 1. The van der Waals surface area contributed by atoms with Gasteiger partial charge < -0.3 is 10.0 Å². The zero-order chi connectivity index (χ0) is 20.7. The van der Waals surface area contributed by atoms with Crippen LogP contribution in [-0.2, 0) is 12.0 Å². The Bertz CT molecular complexity index is 737. The Hall–Kier alpha value is -1.84. The first-order chi connectivity index (χ1) is 14.0. The molecule has 3 heteroatoms. The van der Waals surface area contributed by atoms with Crippen molar-refractivity contribution in [2.45, 2.75) is 63.5 Å². The molecule has 0 heterocycles. The third kappa shape index (κ3) is 5.40. The highest BCUT2D eigenvalue weighted by Gasteiger charge is 2.40.